The number of amides is 1. The molecule has 0 unspecified atom stereocenters. The van der Waals surface area contributed by atoms with Gasteiger partial charge in [0, 0.05) is 11.5 Å². The molecular formula is C19H12F2N4OS. The Morgan fingerprint density at radius 3 is 2.70 bits per heavy atom. The molecule has 8 heteroatoms. The summed E-state index contributed by atoms with van der Waals surface area (Å²) >= 11 is 1.17. The maximum Gasteiger partial charge on any atom is 0.267 e. The summed E-state index contributed by atoms with van der Waals surface area (Å²) in [6, 6.07) is 8.81. The van der Waals surface area contributed by atoms with Crippen LogP contribution in [0.15, 0.2) is 48.1 Å². The van der Waals surface area contributed by atoms with Crippen molar-refractivity contribution in [1.82, 2.24) is 15.2 Å². The predicted octanol–water partition coefficient (Wildman–Crippen LogP) is 4.72. The fourth-order valence-electron chi connectivity index (χ4n) is 2.54. The second-order valence-electron chi connectivity index (χ2n) is 5.69. The summed E-state index contributed by atoms with van der Waals surface area (Å²) in [6.45, 7) is 0. The molecule has 0 radical (unpaired) electrons. The lowest BCUT2D eigenvalue weighted by atomic mass is 10.1. The average molecular weight is 382 g/mol. The zero-order valence-electron chi connectivity index (χ0n) is 13.7. The van der Waals surface area contributed by atoms with Gasteiger partial charge in [0.2, 0.25) is 0 Å². The molecule has 2 aromatic heterocycles. The van der Waals surface area contributed by atoms with Crippen LogP contribution in [-0.2, 0) is 0 Å². The van der Waals surface area contributed by atoms with Crippen molar-refractivity contribution in [3.63, 3.8) is 0 Å². The largest absolute Gasteiger partial charge is 0.319 e. The van der Waals surface area contributed by atoms with Crippen molar-refractivity contribution in [2.24, 2.45) is 0 Å². The Morgan fingerprint density at radius 1 is 1.15 bits per heavy atom. The summed E-state index contributed by atoms with van der Waals surface area (Å²) in [5, 5.41) is 10.1. The lowest BCUT2D eigenvalue weighted by Gasteiger charge is -2.05. The standard InChI is InChI=1S/C19H12F2N4OS/c20-12-4-1-11(2-5-12)3-6-15-13-7-17(14(21)8-16(13)25-24-15)23-19(26)18-9-22-10-27-18/h1-10H,(H,23,26)(H,24,25)/b6-3+. The van der Waals surface area contributed by atoms with Gasteiger partial charge in [-0.15, -0.1) is 11.3 Å². The molecule has 0 atom stereocenters. The van der Waals surface area contributed by atoms with Crippen LogP contribution in [0, 0.1) is 11.6 Å². The molecule has 4 rings (SSSR count). The van der Waals surface area contributed by atoms with Crippen LogP contribution in [0.25, 0.3) is 23.1 Å². The Kier molecular flexibility index (Phi) is 4.47. The molecule has 5 nitrogen and oxygen atoms in total. The topological polar surface area (TPSA) is 70.7 Å². The molecular weight excluding hydrogens is 370 g/mol. The first-order valence-corrected chi connectivity index (χ1v) is 8.79. The summed E-state index contributed by atoms with van der Waals surface area (Å²) in [4.78, 5) is 16.4. The molecule has 2 N–H and O–H groups in total. The highest BCUT2D eigenvalue weighted by Crippen LogP contribution is 2.26. The van der Waals surface area contributed by atoms with Crippen LogP contribution < -0.4 is 5.32 Å². The smallest absolute Gasteiger partial charge is 0.267 e. The first-order valence-electron chi connectivity index (χ1n) is 7.91. The van der Waals surface area contributed by atoms with Crippen molar-refractivity contribution in [3.05, 3.63) is 75.9 Å². The number of rotatable bonds is 4. The van der Waals surface area contributed by atoms with Gasteiger partial charge in [-0.2, -0.15) is 5.10 Å². The zero-order valence-corrected chi connectivity index (χ0v) is 14.6. The fourth-order valence-corrected chi connectivity index (χ4v) is 3.06. The maximum atomic E-state index is 14.3. The van der Waals surface area contributed by atoms with Crippen molar-refractivity contribution in [3.8, 4) is 0 Å². The number of nitrogens with one attached hydrogen (secondary N) is 2. The van der Waals surface area contributed by atoms with E-state index in [9.17, 15) is 13.6 Å². The number of thiazole rings is 1. The molecule has 2 heterocycles. The number of aromatic amines is 1. The van der Waals surface area contributed by atoms with Gasteiger partial charge in [0.15, 0.2) is 0 Å². The van der Waals surface area contributed by atoms with Crippen LogP contribution in [-0.4, -0.2) is 21.1 Å². The summed E-state index contributed by atoms with van der Waals surface area (Å²) in [5.41, 5.74) is 3.46. The summed E-state index contributed by atoms with van der Waals surface area (Å²) in [6.07, 6.45) is 4.93. The Bertz CT molecular complexity index is 1130. The number of hydrogen-bond donors (Lipinski definition) is 2. The fraction of sp³-hybridized carbons (Fsp3) is 0. The van der Waals surface area contributed by atoms with Crippen LogP contribution in [0.4, 0.5) is 14.5 Å². The number of hydrogen-bond acceptors (Lipinski definition) is 4. The SMILES string of the molecule is O=C(Nc1cc2c(/C=C/c3ccc(F)cc3)n[nH]c2cc1F)c1cncs1. The van der Waals surface area contributed by atoms with Gasteiger partial charge < -0.3 is 5.32 Å². The number of anilines is 1. The molecule has 2 aromatic carbocycles. The number of carbonyl (C=O) groups is 1. The normalized spacial score (nSPS) is 11.3. The Labute approximate surface area is 156 Å². The van der Waals surface area contributed by atoms with Gasteiger partial charge >= 0.3 is 0 Å². The third-order valence-corrected chi connectivity index (χ3v) is 4.66. The van der Waals surface area contributed by atoms with Crippen LogP contribution >= 0.6 is 11.3 Å². The molecule has 0 bridgehead atoms. The lowest BCUT2D eigenvalue weighted by Crippen LogP contribution is -2.11. The second kappa shape index (κ2) is 7.08. The molecule has 0 aliphatic heterocycles. The molecule has 0 saturated carbocycles. The van der Waals surface area contributed by atoms with E-state index in [0.29, 0.717) is 21.5 Å². The average Bonchev–Trinajstić information content (AvgIpc) is 3.32. The van der Waals surface area contributed by atoms with Gasteiger partial charge in [0.05, 0.1) is 28.6 Å². The summed E-state index contributed by atoms with van der Waals surface area (Å²) in [5.74, 6) is -1.31. The third-order valence-electron chi connectivity index (χ3n) is 3.89. The highest BCUT2D eigenvalue weighted by molar-refractivity contribution is 7.11. The quantitative estimate of drug-likeness (QED) is 0.536. The van der Waals surface area contributed by atoms with E-state index in [1.807, 2.05) is 0 Å². The van der Waals surface area contributed by atoms with Gasteiger partial charge in [0.25, 0.3) is 5.91 Å². The lowest BCUT2D eigenvalue weighted by molar-refractivity contribution is 0.103. The minimum atomic E-state index is -0.571. The number of aromatic nitrogens is 3. The van der Waals surface area contributed by atoms with E-state index in [1.54, 1.807) is 24.3 Å². The van der Waals surface area contributed by atoms with Crippen LogP contribution in [0.1, 0.15) is 20.9 Å². The summed E-state index contributed by atoms with van der Waals surface area (Å²) in [7, 11) is 0. The van der Waals surface area contributed by atoms with Crippen LogP contribution in [0.5, 0.6) is 0 Å². The van der Waals surface area contributed by atoms with Crippen LogP contribution in [0.3, 0.4) is 0 Å². The first-order chi connectivity index (χ1) is 13.1. The van der Waals surface area contributed by atoms with E-state index in [1.165, 1.54) is 47.3 Å². The van der Waals surface area contributed by atoms with E-state index in [0.717, 1.165) is 5.56 Å². The van der Waals surface area contributed by atoms with E-state index in [4.69, 9.17) is 0 Å². The molecule has 0 fully saturated rings. The molecule has 27 heavy (non-hydrogen) atoms. The highest BCUT2D eigenvalue weighted by Gasteiger charge is 2.14. The molecule has 134 valence electrons. The molecule has 1 amide bonds. The minimum absolute atomic E-state index is 0.0544. The zero-order chi connectivity index (χ0) is 18.8. The van der Waals surface area contributed by atoms with Crippen molar-refractivity contribution in [1.29, 1.82) is 0 Å². The minimum Gasteiger partial charge on any atom is -0.319 e. The monoisotopic (exact) mass is 382 g/mol. The van der Waals surface area contributed by atoms with Gasteiger partial charge in [-0.25, -0.2) is 8.78 Å². The highest BCUT2D eigenvalue weighted by atomic mass is 32.1. The van der Waals surface area contributed by atoms with Crippen molar-refractivity contribution < 1.29 is 13.6 Å². The summed E-state index contributed by atoms with van der Waals surface area (Å²) < 4.78 is 27.3. The molecule has 0 spiro atoms. The van der Waals surface area contributed by atoms with Gasteiger partial charge in [-0.1, -0.05) is 18.2 Å². The number of benzene rings is 2. The maximum absolute atomic E-state index is 14.3. The van der Waals surface area contributed by atoms with E-state index >= 15 is 0 Å². The van der Waals surface area contributed by atoms with Gasteiger partial charge in [-0.3, -0.25) is 14.9 Å². The molecule has 0 aliphatic rings. The number of nitrogens with zero attached hydrogens (tertiary/aromatic N) is 2. The second-order valence-corrected chi connectivity index (χ2v) is 6.58. The number of fused-ring (bicyclic) bond motifs is 1. The van der Waals surface area contributed by atoms with Crippen molar-refractivity contribution in [2.45, 2.75) is 0 Å². The molecule has 0 saturated heterocycles. The number of H-pyrrole nitrogens is 1. The third kappa shape index (κ3) is 3.61. The van der Waals surface area contributed by atoms with Crippen molar-refractivity contribution in [2.75, 3.05) is 5.32 Å². The van der Waals surface area contributed by atoms with E-state index in [-0.39, 0.29) is 11.5 Å². The predicted molar refractivity (Wildman–Crippen MR) is 101 cm³/mol. The van der Waals surface area contributed by atoms with Gasteiger partial charge in [-0.05, 0) is 29.8 Å². The van der Waals surface area contributed by atoms with Crippen LogP contribution in [0.2, 0.25) is 0 Å². The Hall–Kier alpha value is -3.39. The molecule has 4 aromatic rings. The Morgan fingerprint density at radius 2 is 1.96 bits per heavy atom. The number of halogens is 2. The van der Waals surface area contributed by atoms with E-state index < -0.39 is 11.7 Å². The van der Waals surface area contributed by atoms with Crippen molar-refractivity contribution >= 4 is 46.0 Å². The van der Waals surface area contributed by atoms with E-state index in [2.05, 4.69) is 20.5 Å². The first kappa shape index (κ1) is 17.0. The van der Waals surface area contributed by atoms with Gasteiger partial charge in [0.1, 0.15) is 16.5 Å². The number of carbonyl (C=O) groups excluding carboxylic acids is 1. The molecule has 0 aliphatic carbocycles. The Balaban J connectivity index is 1.65.